The number of hydrogen-bond donors (Lipinski definition) is 0. The van der Waals surface area contributed by atoms with Gasteiger partial charge in [-0.3, -0.25) is 0 Å². The monoisotopic (exact) mass is 239 g/mol. The van der Waals surface area contributed by atoms with Crippen LogP contribution in [0.1, 0.15) is 25.3 Å². The van der Waals surface area contributed by atoms with Crippen molar-refractivity contribution in [2.45, 2.75) is 19.8 Å². The van der Waals surface area contributed by atoms with Gasteiger partial charge in [0, 0.05) is 10.6 Å². The summed E-state index contributed by atoms with van der Waals surface area (Å²) in [5, 5.41) is 10.1. The normalized spacial score (nSPS) is 11.2. The van der Waals surface area contributed by atoms with Crippen molar-refractivity contribution in [2.75, 3.05) is 0 Å². The van der Waals surface area contributed by atoms with Crippen molar-refractivity contribution in [3.8, 4) is 6.07 Å². The van der Waals surface area contributed by atoms with E-state index in [1.807, 2.05) is 6.08 Å². The lowest BCUT2D eigenvalue weighted by Crippen LogP contribution is -1.83. The molecule has 78 valence electrons. The molecular weight excluding hydrogens is 229 g/mol. The van der Waals surface area contributed by atoms with Gasteiger partial charge in [0.1, 0.15) is 0 Å². The maximum atomic E-state index is 8.99. The molecule has 0 aliphatic rings. The lowest BCUT2D eigenvalue weighted by atomic mass is 10.1. The van der Waals surface area contributed by atoms with Crippen LogP contribution in [0.5, 0.6) is 0 Å². The highest BCUT2D eigenvalue weighted by molar-refractivity contribution is 6.35. The second-order valence-corrected chi connectivity index (χ2v) is 3.99. The standard InChI is InChI=1S/C12H11Cl2N/c1-2-3-4-9(8-15)11-6-5-10(13)7-12(11)14/h4-7H,2-3H2,1H3/b9-4-. The zero-order chi connectivity index (χ0) is 11.3. The van der Waals surface area contributed by atoms with E-state index in [9.17, 15) is 0 Å². The van der Waals surface area contributed by atoms with E-state index in [0.29, 0.717) is 15.6 Å². The van der Waals surface area contributed by atoms with E-state index in [1.54, 1.807) is 18.2 Å². The first-order valence-corrected chi connectivity index (χ1v) is 5.50. The highest BCUT2D eigenvalue weighted by atomic mass is 35.5. The average molecular weight is 240 g/mol. The van der Waals surface area contributed by atoms with E-state index < -0.39 is 0 Å². The van der Waals surface area contributed by atoms with Gasteiger partial charge >= 0.3 is 0 Å². The molecule has 0 N–H and O–H groups in total. The predicted molar refractivity (Wildman–Crippen MR) is 65.0 cm³/mol. The summed E-state index contributed by atoms with van der Waals surface area (Å²) in [6.45, 7) is 2.06. The fraction of sp³-hybridized carbons (Fsp3) is 0.250. The molecule has 0 fully saturated rings. The maximum Gasteiger partial charge on any atom is 0.0995 e. The number of nitrogens with zero attached hydrogens (tertiary/aromatic N) is 1. The van der Waals surface area contributed by atoms with E-state index in [2.05, 4.69) is 13.0 Å². The second-order valence-electron chi connectivity index (χ2n) is 3.14. The van der Waals surface area contributed by atoms with E-state index in [4.69, 9.17) is 28.5 Å². The lowest BCUT2D eigenvalue weighted by Gasteiger charge is -2.02. The van der Waals surface area contributed by atoms with Gasteiger partial charge in [-0.2, -0.15) is 5.26 Å². The summed E-state index contributed by atoms with van der Waals surface area (Å²) in [5.74, 6) is 0. The fourth-order valence-corrected chi connectivity index (χ4v) is 1.72. The first-order chi connectivity index (χ1) is 7.19. The second kappa shape index (κ2) is 5.80. The Kier molecular flexibility index (Phi) is 4.68. The van der Waals surface area contributed by atoms with Gasteiger partial charge in [0.2, 0.25) is 0 Å². The molecule has 15 heavy (non-hydrogen) atoms. The van der Waals surface area contributed by atoms with Crippen LogP contribution in [0, 0.1) is 11.3 Å². The lowest BCUT2D eigenvalue weighted by molar-refractivity contribution is 0.960. The van der Waals surface area contributed by atoms with Crippen molar-refractivity contribution in [1.82, 2.24) is 0 Å². The zero-order valence-corrected chi connectivity index (χ0v) is 9.94. The van der Waals surface area contributed by atoms with Gasteiger partial charge in [-0.15, -0.1) is 0 Å². The van der Waals surface area contributed by atoms with Crippen molar-refractivity contribution >= 4 is 28.8 Å². The number of rotatable bonds is 3. The summed E-state index contributed by atoms with van der Waals surface area (Å²) in [6.07, 6.45) is 3.79. The molecule has 1 aromatic rings. The van der Waals surface area contributed by atoms with Crippen molar-refractivity contribution < 1.29 is 0 Å². The zero-order valence-electron chi connectivity index (χ0n) is 8.43. The molecule has 0 bridgehead atoms. The highest BCUT2D eigenvalue weighted by Crippen LogP contribution is 2.27. The van der Waals surface area contributed by atoms with Crippen LogP contribution in [0.2, 0.25) is 10.0 Å². The number of nitriles is 1. The molecule has 0 aromatic heterocycles. The van der Waals surface area contributed by atoms with Crippen molar-refractivity contribution in [1.29, 1.82) is 5.26 Å². The van der Waals surface area contributed by atoms with Gasteiger partial charge in [0.05, 0.1) is 16.7 Å². The number of unbranched alkanes of at least 4 members (excludes halogenated alkanes) is 1. The molecule has 0 aliphatic heterocycles. The molecule has 0 saturated carbocycles. The van der Waals surface area contributed by atoms with Crippen LogP contribution in [0.15, 0.2) is 24.3 Å². The molecule has 0 spiro atoms. The van der Waals surface area contributed by atoms with Gasteiger partial charge in [-0.05, 0) is 18.6 Å². The van der Waals surface area contributed by atoms with Crippen LogP contribution in [0.3, 0.4) is 0 Å². The van der Waals surface area contributed by atoms with Gasteiger partial charge in [-0.1, -0.05) is 48.7 Å². The Balaban J connectivity index is 3.09. The summed E-state index contributed by atoms with van der Waals surface area (Å²) in [6, 6.07) is 7.30. The molecule has 3 heteroatoms. The Bertz CT molecular complexity index is 416. The van der Waals surface area contributed by atoms with Crippen LogP contribution in [0.25, 0.3) is 5.57 Å². The van der Waals surface area contributed by atoms with Gasteiger partial charge < -0.3 is 0 Å². The number of halogens is 2. The quantitative estimate of drug-likeness (QED) is 0.702. The molecule has 0 radical (unpaired) electrons. The molecule has 0 unspecified atom stereocenters. The topological polar surface area (TPSA) is 23.8 Å². The Morgan fingerprint density at radius 1 is 1.47 bits per heavy atom. The third-order valence-electron chi connectivity index (χ3n) is 1.98. The van der Waals surface area contributed by atoms with Gasteiger partial charge in [-0.25, -0.2) is 0 Å². The largest absolute Gasteiger partial charge is 0.192 e. The Hall–Kier alpha value is -0.970. The van der Waals surface area contributed by atoms with E-state index in [0.717, 1.165) is 18.4 Å². The summed E-state index contributed by atoms with van der Waals surface area (Å²) in [5.41, 5.74) is 1.36. The summed E-state index contributed by atoms with van der Waals surface area (Å²) < 4.78 is 0. The predicted octanol–water partition coefficient (Wildman–Crippen LogP) is 4.70. The summed E-state index contributed by atoms with van der Waals surface area (Å²) in [7, 11) is 0. The SMILES string of the molecule is CCC/C=C(/C#N)c1ccc(Cl)cc1Cl. The van der Waals surface area contributed by atoms with Crippen molar-refractivity contribution in [3.63, 3.8) is 0 Å². The van der Waals surface area contributed by atoms with E-state index >= 15 is 0 Å². The van der Waals surface area contributed by atoms with Gasteiger partial charge in [0.25, 0.3) is 0 Å². The average Bonchev–Trinajstić information content (AvgIpc) is 2.21. The Morgan fingerprint density at radius 2 is 2.20 bits per heavy atom. The highest BCUT2D eigenvalue weighted by Gasteiger charge is 2.05. The molecular formula is C12H11Cl2N. The van der Waals surface area contributed by atoms with Crippen LogP contribution in [0.4, 0.5) is 0 Å². The summed E-state index contributed by atoms with van der Waals surface area (Å²) in [4.78, 5) is 0. The molecule has 1 rings (SSSR count). The molecule has 1 aromatic carbocycles. The van der Waals surface area contributed by atoms with E-state index in [-0.39, 0.29) is 0 Å². The number of benzene rings is 1. The molecule has 0 amide bonds. The van der Waals surface area contributed by atoms with Crippen molar-refractivity contribution in [3.05, 3.63) is 39.9 Å². The third-order valence-corrected chi connectivity index (χ3v) is 2.53. The minimum Gasteiger partial charge on any atom is -0.192 e. The molecule has 0 heterocycles. The smallest absolute Gasteiger partial charge is 0.0995 e. The first kappa shape index (κ1) is 12.1. The maximum absolute atomic E-state index is 8.99. The van der Waals surface area contributed by atoms with Crippen LogP contribution < -0.4 is 0 Å². The number of hydrogen-bond acceptors (Lipinski definition) is 1. The Morgan fingerprint density at radius 3 is 2.73 bits per heavy atom. The molecule has 0 saturated heterocycles. The van der Waals surface area contributed by atoms with E-state index in [1.165, 1.54) is 0 Å². The van der Waals surface area contributed by atoms with Crippen molar-refractivity contribution in [2.24, 2.45) is 0 Å². The minimum atomic E-state index is 0.520. The summed E-state index contributed by atoms with van der Waals surface area (Å²) >= 11 is 11.8. The van der Waals surface area contributed by atoms with Crippen LogP contribution in [-0.2, 0) is 0 Å². The van der Waals surface area contributed by atoms with Crippen LogP contribution >= 0.6 is 23.2 Å². The molecule has 0 aliphatic carbocycles. The fourth-order valence-electron chi connectivity index (χ4n) is 1.21. The minimum absolute atomic E-state index is 0.520. The number of allylic oxidation sites excluding steroid dienone is 2. The first-order valence-electron chi connectivity index (χ1n) is 4.74. The Labute approximate surface area is 99.9 Å². The van der Waals surface area contributed by atoms with Gasteiger partial charge in [0.15, 0.2) is 0 Å². The molecule has 1 nitrogen and oxygen atoms in total. The molecule has 0 atom stereocenters. The third kappa shape index (κ3) is 3.27. The van der Waals surface area contributed by atoms with Crippen LogP contribution in [-0.4, -0.2) is 0 Å².